The molecule has 1 aliphatic carbocycles. The van der Waals surface area contributed by atoms with Crippen molar-refractivity contribution >= 4 is 0 Å². The number of hydrogen-bond acceptors (Lipinski definition) is 1. The van der Waals surface area contributed by atoms with Crippen LogP contribution in [0.4, 0.5) is 0 Å². The van der Waals surface area contributed by atoms with E-state index in [9.17, 15) is 0 Å². The lowest BCUT2D eigenvalue weighted by molar-refractivity contribution is 0.607. The van der Waals surface area contributed by atoms with Crippen LogP contribution in [0.25, 0.3) is 0 Å². The fourth-order valence-corrected chi connectivity index (χ4v) is 2.28. The van der Waals surface area contributed by atoms with E-state index in [1.165, 1.54) is 43.4 Å². The molecule has 1 aliphatic rings. The van der Waals surface area contributed by atoms with Crippen LogP contribution in [0, 0.1) is 12.8 Å². The molecular formula is C14H21N. The Hall–Kier alpha value is -0.850. The van der Waals surface area contributed by atoms with Gasteiger partial charge < -0.3 is 0 Å². The zero-order valence-corrected chi connectivity index (χ0v) is 9.87. The van der Waals surface area contributed by atoms with Crippen LogP contribution >= 0.6 is 0 Å². The Morgan fingerprint density at radius 3 is 2.87 bits per heavy atom. The number of unbranched alkanes of at least 4 members (excludes halogenated alkanes) is 2. The summed E-state index contributed by atoms with van der Waals surface area (Å²) in [7, 11) is 0. The predicted octanol–water partition coefficient (Wildman–Crippen LogP) is 4.07. The van der Waals surface area contributed by atoms with Crippen molar-refractivity contribution in [3.8, 4) is 0 Å². The minimum atomic E-state index is 0.780. The smallest absolute Gasteiger partial charge is 0.0437 e. The van der Waals surface area contributed by atoms with Gasteiger partial charge in [0.1, 0.15) is 0 Å². The zero-order chi connectivity index (χ0) is 10.7. The maximum atomic E-state index is 4.52. The molecule has 1 fully saturated rings. The maximum Gasteiger partial charge on any atom is 0.0437 e. The molecule has 0 spiro atoms. The average molecular weight is 203 g/mol. The van der Waals surface area contributed by atoms with Crippen molar-refractivity contribution < 1.29 is 0 Å². The van der Waals surface area contributed by atoms with Crippen LogP contribution in [0.2, 0.25) is 0 Å². The molecule has 1 heteroatoms. The number of nitrogens with zero attached hydrogens (tertiary/aromatic N) is 1. The lowest BCUT2D eigenvalue weighted by atomic mass is 10.1. The molecule has 0 N–H and O–H groups in total. The number of pyridine rings is 1. The van der Waals surface area contributed by atoms with Gasteiger partial charge in [0.05, 0.1) is 0 Å². The lowest BCUT2D eigenvalue weighted by Gasteiger charge is -2.00. The minimum absolute atomic E-state index is 0.780. The first-order chi connectivity index (χ1) is 7.31. The topological polar surface area (TPSA) is 12.9 Å². The Morgan fingerprint density at radius 2 is 2.20 bits per heavy atom. The number of rotatable bonds is 5. The Bertz CT molecular complexity index is 302. The first-order valence-electron chi connectivity index (χ1n) is 6.24. The molecule has 0 bridgehead atoms. The first kappa shape index (κ1) is 10.7. The summed E-state index contributed by atoms with van der Waals surface area (Å²) in [6, 6.07) is 4.39. The second kappa shape index (κ2) is 4.78. The Labute approximate surface area is 92.9 Å². The van der Waals surface area contributed by atoms with Crippen LogP contribution in [-0.2, 0) is 0 Å². The standard InChI is InChI=1S/C14H21N/c1-3-4-5-6-12-9-13(12)14-8-7-11(2)10-15-14/h7-8,10,12-13H,3-6,9H2,1-2H3. The molecule has 2 rings (SSSR count). The van der Waals surface area contributed by atoms with Crippen molar-refractivity contribution in [1.82, 2.24) is 4.98 Å². The lowest BCUT2D eigenvalue weighted by Crippen LogP contribution is -1.89. The molecule has 0 aliphatic heterocycles. The molecule has 0 aromatic carbocycles. The molecular weight excluding hydrogens is 182 g/mol. The fraction of sp³-hybridized carbons (Fsp3) is 0.643. The van der Waals surface area contributed by atoms with Gasteiger partial charge >= 0.3 is 0 Å². The first-order valence-corrected chi connectivity index (χ1v) is 6.24. The van der Waals surface area contributed by atoms with Gasteiger partial charge in [0.25, 0.3) is 0 Å². The highest BCUT2D eigenvalue weighted by molar-refractivity contribution is 5.20. The van der Waals surface area contributed by atoms with Crippen LogP contribution in [-0.4, -0.2) is 4.98 Å². The van der Waals surface area contributed by atoms with E-state index in [4.69, 9.17) is 0 Å². The highest BCUT2D eigenvalue weighted by Crippen LogP contribution is 2.49. The molecule has 0 amide bonds. The summed E-state index contributed by atoms with van der Waals surface area (Å²) in [4.78, 5) is 4.52. The molecule has 1 saturated carbocycles. The highest BCUT2D eigenvalue weighted by atomic mass is 14.7. The average Bonchev–Trinajstić information content (AvgIpc) is 2.99. The van der Waals surface area contributed by atoms with E-state index < -0.39 is 0 Å². The minimum Gasteiger partial charge on any atom is -0.261 e. The van der Waals surface area contributed by atoms with Crippen LogP contribution in [0.3, 0.4) is 0 Å². The van der Waals surface area contributed by atoms with E-state index in [1.807, 2.05) is 6.20 Å². The summed E-state index contributed by atoms with van der Waals surface area (Å²) in [5.74, 6) is 1.72. The molecule has 1 nitrogen and oxygen atoms in total. The molecule has 1 aromatic rings. The van der Waals surface area contributed by atoms with E-state index in [-0.39, 0.29) is 0 Å². The Balaban J connectivity index is 1.80. The van der Waals surface area contributed by atoms with Gasteiger partial charge in [-0.3, -0.25) is 4.98 Å². The second-order valence-corrected chi connectivity index (χ2v) is 4.86. The van der Waals surface area contributed by atoms with Gasteiger partial charge in [-0.25, -0.2) is 0 Å². The van der Waals surface area contributed by atoms with Gasteiger partial charge in [0.15, 0.2) is 0 Å². The zero-order valence-electron chi connectivity index (χ0n) is 9.87. The fourth-order valence-electron chi connectivity index (χ4n) is 2.28. The third-order valence-electron chi connectivity index (χ3n) is 3.42. The molecule has 15 heavy (non-hydrogen) atoms. The van der Waals surface area contributed by atoms with E-state index >= 15 is 0 Å². The second-order valence-electron chi connectivity index (χ2n) is 4.86. The third-order valence-corrected chi connectivity index (χ3v) is 3.42. The van der Waals surface area contributed by atoms with Crippen molar-refractivity contribution in [3.05, 3.63) is 29.6 Å². The maximum absolute atomic E-state index is 4.52. The molecule has 1 heterocycles. The summed E-state index contributed by atoms with van der Waals surface area (Å²) in [6.07, 6.45) is 8.92. The van der Waals surface area contributed by atoms with Crippen molar-refractivity contribution in [2.75, 3.05) is 0 Å². The van der Waals surface area contributed by atoms with Crippen LogP contribution in [0.1, 0.15) is 56.2 Å². The van der Waals surface area contributed by atoms with Crippen molar-refractivity contribution in [3.63, 3.8) is 0 Å². The molecule has 2 atom stereocenters. The predicted molar refractivity (Wildman–Crippen MR) is 64.0 cm³/mol. The van der Waals surface area contributed by atoms with Gasteiger partial charge in [-0.1, -0.05) is 32.3 Å². The summed E-state index contributed by atoms with van der Waals surface area (Å²) < 4.78 is 0. The van der Waals surface area contributed by atoms with Gasteiger partial charge in [-0.05, 0) is 37.3 Å². The van der Waals surface area contributed by atoms with Gasteiger partial charge in [0.2, 0.25) is 0 Å². The largest absolute Gasteiger partial charge is 0.261 e. The van der Waals surface area contributed by atoms with E-state index in [0.29, 0.717) is 0 Å². The summed E-state index contributed by atoms with van der Waals surface area (Å²) >= 11 is 0. The number of aryl methyl sites for hydroxylation is 1. The van der Waals surface area contributed by atoms with Crippen molar-refractivity contribution in [2.45, 2.75) is 51.9 Å². The Morgan fingerprint density at radius 1 is 1.33 bits per heavy atom. The van der Waals surface area contributed by atoms with Crippen LogP contribution in [0.5, 0.6) is 0 Å². The van der Waals surface area contributed by atoms with Crippen LogP contribution in [0.15, 0.2) is 18.3 Å². The van der Waals surface area contributed by atoms with Gasteiger partial charge in [-0.2, -0.15) is 0 Å². The molecule has 1 aromatic heterocycles. The SMILES string of the molecule is CCCCCC1CC1c1ccc(C)cn1. The van der Waals surface area contributed by atoms with Gasteiger partial charge in [0, 0.05) is 17.8 Å². The van der Waals surface area contributed by atoms with Gasteiger partial charge in [-0.15, -0.1) is 0 Å². The highest BCUT2D eigenvalue weighted by Gasteiger charge is 2.38. The quantitative estimate of drug-likeness (QED) is 0.657. The molecule has 0 radical (unpaired) electrons. The van der Waals surface area contributed by atoms with E-state index in [2.05, 4.69) is 31.0 Å². The third kappa shape index (κ3) is 2.80. The molecule has 2 unspecified atom stereocenters. The molecule has 82 valence electrons. The summed E-state index contributed by atoms with van der Waals surface area (Å²) in [5, 5.41) is 0. The van der Waals surface area contributed by atoms with Crippen LogP contribution < -0.4 is 0 Å². The summed E-state index contributed by atoms with van der Waals surface area (Å²) in [5.41, 5.74) is 2.59. The van der Waals surface area contributed by atoms with Crippen molar-refractivity contribution in [2.24, 2.45) is 5.92 Å². The number of hydrogen-bond donors (Lipinski definition) is 0. The summed E-state index contributed by atoms with van der Waals surface area (Å²) in [6.45, 7) is 4.37. The normalized spacial score (nSPS) is 24.1. The Kier molecular flexibility index (Phi) is 3.40. The number of aromatic nitrogens is 1. The van der Waals surface area contributed by atoms with E-state index in [0.717, 1.165) is 11.8 Å². The molecule has 0 saturated heterocycles. The monoisotopic (exact) mass is 203 g/mol. The van der Waals surface area contributed by atoms with Crippen molar-refractivity contribution in [1.29, 1.82) is 0 Å². The van der Waals surface area contributed by atoms with E-state index in [1.54, 1.807) is 0 Å².